The number of benzene rings is 1. The van der Waals surface area contributed by atoms with Crippen molar-refractivity contribution in [1.29, 1.82) is 0 Å². The van der Waals surface area contributed by atoms with Crippen LogP contribution in [0.25, 0.3) is 0 Å². The molecule has 1 aromatic carbocycles. The van der Waals surface area contributed by atoms with E-state index in [0.29, 0.717) is 22.0 Å². The molecule has 1 aromatic rings. The first-order valence-corrected chi connectivity index (χ1v) is 7.19. The summed E-state index contributed by atoms with van der Waals surface area (Å²) < 4.78 is 1.34. The van der Waals surface area contributed by atoms with E-state index >= 15 is 0 Å². The highest BCUT2D eigenvalue weighted by molar-refractivity contribution is 9.11. The molecule has 1 aliphatic rings. The van der Waals surface area contributed by atoms with Crippen LogP contribution in [0.4, 0.5) is 0 Å². The Bertz CT molecular complexity index is 396. The SMILES string of the molecule is Oc1c(Br)cc(CNCC2(O)CCC2)cc1Br. The number of phenolic OH excluding ortho intramolecular Hbond substituents is 1. The first-order valence-electron chi connectivity index (χ1n) is 5.60. The third kappa shape index (κ3) is 3.22. The van der Waals surface area contributed by atoms with E-state index in [-0.39, 0.29) is 5.75 Å². The van der Waals surface area contributed by atoms with Crippen LogP contribution < -0.4 is 5.32 Å². The molecule has 0 aliphatic heterocycles. The summed E-state index contributed by atoms with van der Waals surface area (Å²) in [5.41, 5.74) is 0.565. The van der Waals surface area contributed by atoms with Crippen molar-refractivity contribution in [3.63, 3.8) is 0 Å². The Balaban J connectivity index is 1.90. The molecule has 0 bridgehead atoms. The minimum absolute atomic E-state index is 0.214. The number of halogens is 2. The molecule has 17 heavy (non-hydrogen) atoms. The van der Waals surface area contributed by atoms with Crippen LogP contribution in [0.5, 0.6) is 5.75 Å². The maximum Gasteiger partial charge on any atom is 0.143 e. The molecule has 0 saturated heterocycles. The lowest BCUT2D eigenvalue weighted by atomic mass is 9.80. The van der Waals surface area contributed by atoms with E-state index in [2.05, 4.69) is 37.2 Å². The lowest BCUT2D eigenvalue weighted by Gasteiger charge is -2.36. The Labute approximate surface area is 117 Å². The molecule has 0 radical (unpaired) electrons. The van der Waals surface area contributed by atoms with E-state index in [1.54, 1.807) is 0 Å². The zero-order chi connectivity index (χ0) is 12.5. The topological polar surface area (TPSA) is 52.5 Å². The lowest BCUT2D eigenvalue weighted by Crippen LogP contribution is -2.45. The van der Waals surface area contributed by atoms with Gasteiger partial charge in [-0.3, -0.25) is 0 Å². The van der Waals surface area contributed by atoms with Crippen molar-refractivity contribution in [2.75, 3.05) is 6.54 Å². The predicted octanol–water partition coefficient (Wildman–Crippen LogP) is 2.92. The van der Waals surface area contributed by atoms with Crippen LogP contribution in [0.15, 0.2) is 21.1 Å². The van der Waals surface area contributed by atoms with Gasteiger partial charge in [-0.25, -0.2) is 0 Å². The summed E-state index contributed by atoms with van der Waals surface area (Å²) in [6.45, 7) is 1.31. The summed E-state index contributed by atoms with van der Waals surface area (Å²) in [7, 11) is 0. The number of nitrogens with one attached hydrogen (secondary N) is 1. The summed E-state index contributed by atoms with van der Waals surface area (Å²) in [5.74, 6) is 0.214. The molecule has 3 N–H and O–H groups in total. The Morgan fingerprint density at radius 2 is 1.82 bits per heavy atom. The maximum absolute atomic E-state index is 9.92. The van der Waals surface area contributed by atoms with Crippen LogP contribution in [0.2, 0.25) is 0 Å². The fourth-order valence-corrected chi connectivity index (χ4v) is 3.20. The molecule has 1 saturated carbocycles. The third-order valence-corrected chi connectivity index (χ3v) is 4.35. The molecule has 1 fully saturated rings. The van der Waals surface area contributed by atoms with E-state index < -0.39 is 5.60 Å². The predicted molar refractivity (Wildman–Crippen MR) is 74.0 cm³/mol. The van der Waals surface area contributed by atoms with Gasteiger partial charge in [-0.05, 0) is 68.8 Å². The average molecular weight is 365 g/mol. The van der Waals surface area contributed by atoms with E-state index in [4.69, 9.17) is 0 Å². The fourth-order valence-electron chi connectivity index (χ4n) is 1.92. The smallest absolute Gasteiger partial charge is 0.143 e. The molecule has 5 heteroatoms. The van der Waals surface area contributed by atoms with Crippen LogP contribution in [0.3, 0.4) is 0 Å². The Hall–Kier alpha value is -0.100. The molecule has 0 spiro atoms. The number of aromatic hydroxyl groups is 1. The second kappa shape index (κ2) is 5.26. The maximum atomic E-state index is 9.92. The van der Waals surface area contributed by atoms with Crippen LogP contribution in [-0.4, -0.2) is 22.4 Å². The minimum Gasteiger partial charge on any atom is -0.506 e. The highest BCUT2D eigenvalue weighted by Gasteiger charge is 2.33. The molecule has 0 heterocycles. The van der Waals surface area contributed by atoms with Gasteiger partial charge in [-0.2, -0.15) is 0 Å². The van der Waals surface area contributed by atoms with Crippen LogP contribution in [0.1, 0.15) is 24.8 Å². The molecular formula is C12H15Br2NO2. The number of hydrogen-bond acceptors (Lipinski definition) is 3. The number of rotatable bonds is 4. The van der Waals surface area contributed by atoms with E-state index in [1.165, 1.54) is 0 Å². The summed E-state index contributed by atoms with van der Waals surface area (Å²) in [5, 5.41) is 22.7. The van der Waals surface area contributed by atoms with Crippen LogP contribution >= 0.6 is 31.9 Å². The van der Waals surface area contributed by atoms with Gasteiger partial charge in [-0.1, -0.05) is 0 Å². The second-order valence-electron chi connectivity index (χ2n) is 4.59. The molecule has 94 valence electrons. The van der Waals surface area contributed by atoms with Crippen molar-refractivity contribution in [3.05, 3.63) is 26.6 Å². The molecule has 0 aromatic heterocycles. The summed E-state index contributed by atoms with van der Waals surface area (Å²) in [6.07, 6.45) is 2.90. The number of phenols is 1. The van der Waals surface area contributed by atoms with Gasteiger partial charge in [0.05, 0.1) is 14.5 Å². The van der Waals surface area contributed by atoms with Gasteiger partial charge in [0, 0.05) is 13.1 Å². The van der Waals surface area contributed by atoms with Gasteiger partial charge in [0.25, 0.3) is 0 Å². The molecule has 1 aliphatic carbocycles. The van der Waals surface area contributed by atoms with Crippen LogP contribution in [-0.2, 0) is 6.54 Å². The van der Waals surface area contributed by atoms with Crippen molar-refractivity contribution in [1.82, 2.24) is 5.32 Å². The highest BCUT2D eigenvalue weighted by atomic mass is 79.9. The zero-order valence-electron chi connectivity index (χ0n) is 9.34. The quantitative estimate of drug-likeness (QED) is 0.769. The molecule has 3 nitrogen and oxygen atoms in total. The first kappa shape index (κ1) is 13.3. The standard InChI is InChI=1S/C12H15Br2NO2/c13-9-4-8(5-10(14)11(9)16)6-15-7-12(17)2-1-3-12/h4-5,15-17H,1-3,6-7H2. The number of aliphatic hydroxyl groups is 1. The molecule has 0 amide bonds. The van der Waals surface area contributed by atoms with Crippen molar-refractivity contribution in [3.8, 4) is 5.75 Å². The van der Waals surface area contributed by atoms with Crippen molar-refractivity contribution in [2.24, 2.45) is 0 Å². The monoisotopic (exact) mass is 363 g/mol. The molecule has 0 unspecified atom stereocenters. The number of hydrogen-bond donors (Lipinski definition) is 3. The van der Waals surface area contributed by atoms with E-state index in [9.17, 15) is 10.2 Å². The largest absolute Gasteiger partial charge is 0.506 e. The first-order chi connectivity index (χ1) is 8.00. The Morgan fingerprint density at radius 1 is 1.24 bits per heavy atom. The summed E-state index contributed by atoms with van der Waals surface area (Å²) >= 11 is 6.59. The zero-order valence-corrected chi connectivity index (χ0v) is 12.5. The van der Waals surface area contributed by atoms with Gasteiger partial charge < -0.3 is 15.5 Å². The van der Waals surface area contributed by atoms with Gasteiger partial charge in [0.2, 0.25) is 0 Å². The summed E-state index contributed by atoms with van der Waals surface area (Å²) in [6, 6.07) is 3.75. The van der Waals surface area contributed by atoms with Crippen molar-refractivity contribution < 1.29 is 10.2 Å². The average Bonchev–Trinajstić information content (AvgIpc) is 2.23. The lowest BCUT2D eigenvalue weighted by molar-refractivity contribution is -0.0314. The van der Waals surface area contributed by atoms with E-state index in [1.807, 2.05) is 12.1 Å². The molecule has 0 atom stereocenters. The molecular weight excluding hydrogens is 350 g/mol. The fraction of sp³-hybridized carbons (Fsp3) is 0.500. The van der Waals surface area contributed by atoms with Crippen molar-refractivity contribution in [2.45, 2.75) is 31.4 Å². The van der Waals surface area contributed by atoms with Gasteiger partial charge in [-0.15, -0.1) is 0 Å². The summed E-state index contributed by atoms with van der Waals surface area (Å²) in [4.78, 5) is 0. The highest BCUT2D eigenvalue weighted by Crippen LogP contribution is 2.33. The van der Waals surface area contributed by atoms with Gasteiger partial charge in [0.1, 0.15) is 5.75 Å². The normalized spacial score (nSPS) is 17.8. The second-order valence-corrected chi connectivity index (χ2v) is 6.30. The third-order valence-electron chi connectivity index (χ3n) is 3.14. The minimum atomic E-state index is -0.495. The Kier molecular flexibility index (Phi) is 4.13. The van der Waals surface area contributed by atoms with Crippen molar-refractivity contribution >= 4 is 31.9 Å². The molecule has 2 rings (SSSR count). The van der Waals surface area contributed by atoms with E-state index in [0.717, 1.165) is 24.8 Å². The van der Waals surface area contributed by atoms with Gasteiger partial charge >= 0.3 is 0 Å². The Morgan fingerprint density at radius 3 is 2.29 bits per heavy atom. The van der Waals surface area contributed by atoms with Gasteiger partial charge in [0.15, 0.2) is 0 Å². The van der Waals surface area contributed by atoms with Crippen LogP contribution in [0, 0.1) is 0 Å².